The van der Waals surface area contributed by atoms with Crippen molar-refractivity contribution in [1.82, 2.24) is 5.48 Å². The molecule has 0 saturated carbocycles. The van der Waals surface area contributed by atoms with E-state index in [0.29, 0.717) is 5.92 Å². The van der Waals surface area contributed by atoms with Crippen molar-refractivity contribution in [3.63, 3.8) is 0 Å². The molecule has 0 aromatic heterocycles. The van der Waals surface area contributed by atoms with Gasteiger partial charge in [0.1, 0.15) is 0 Å². The van der Waals surface area contributed by atoms with Crippen molar-refractivity contribution < 1.29 is 5.21 Å². The zero-order valence-electron chi connectivity index (χ0n) is 5.72. The van der Waals surface area contributed by atoms with Gasteiger partial charge in [-0.2, -0.15) is 0 Å². The first-order valence-corrected chi connectivity index (χ1v) is 2.99. The molecular weight excluding hydrogens is 102 g/mol. The van der Waals surface area contributed by atoms with Crippen molar-refractivity contribution in [1.29, 1.82) is 0 Å². The summed E-state index contributed by atoms with van der Waals surface area (Å²) in [6, 6.07) is -0.00463. The number of hydrogen-bond donors (Lipinski definition) is 0. The Hall–Kier alpha value is -0.0800. The van der Waals surface area contributed by atoms with Crippen LogP contribution in [0.5, 0.6) is 0 Å². The molecule has 0 rings (SSSR count). The Morgan fingerprint density at radius 3 is 2.00 bits per heavy atom. The molecule has 1 atom stereocenters. The standard InChI is InChI=1S/C6H13NO/c1-5(2)4-6(3)7-8/h5-6H,4H2,1-3H3. The number of rotatable bonds is 3. The molecule has 0 spiro atoms. The van der Waals surface area contributed by atoms with Gasteiger partial charge in [0.25, 0.3) is 0 Å². The molecule has 0 amide bonds. The molecule has 1 unspecified atom stereocenters. The van der Waals surface area contributed by atoms with Crippen LogP contribution in [0.1, 0.15) is 27.2 Å². The van der Waals surface area contributed by atoms with Crippen LogP contribution in [0.15, 0.2) is 0 Å². The van der Waals surface area contributed by atoms with Gasteiger partial charge in [-0.3, -0.25) is 0 Å². The molecule has 8 heavy (non-hydrogen) atoms. The molecule has 48 valence electrons. The van der Waals surface area contributed by atoms with E-state index in [1.165, 1.54) is 0 Å². The van der Waals surface area contributed by atoms with Crippen molar-refractivity contribution in [2.24, 2.45) is 5.92 Å². The third-order valence-electron chi connectivity index (χ3n) is 0.992. The van der Waals surface area contributed by atoms with Crippen LogP contribution in [0.2, 0.25) is 0 Å². The summed E-state index contributed by atoms with van der Waals surface area (Å²) in [5.41, 5.74) is 2.88. The highest BCUT2D eigenvalue weighted by atomic mass is 16.5. The van der Waals surface area contributed by atoms with Crippen molar-refractivity contribution in [3.8, 4) is 0 Å². The lowest BCUT2D eigenvalue weighted by atomic mass is 10.1. The number of hydrogen-bond acceptors (Lipinski definition) is 0. The Morgan fingerprint density at radius 2 is 1.88 bits per heavy atom. The van der Waals surface area contributed by atoms with Gasteiger partial charge in [0.15, 0.2) is 0 Å². The summed E-state index contributed by atoms with van der Waals surface area (Å²) in [5.74, 6) is 0.586. The van der Waals surface area contributed by atoms with Crippen LogP contribution >= 0.6 is 0 Å². The highest BCUT2D eigenvalue weighted by Gasteiger charge is 2.03. The smallest absolute Gasteiger partial charge is 0.0545 e. The summed E-state index contributed by atoms with van der Waals surface area (Å²) >= 11 is 0. The van der Waals surface area contributed by atoms with Gasteiger partial charge in [-0.25, -0.2) is 0 Å². The van der Waals surface area contributed by atoms with E-state index in [-0.39, 0.29) is 6.04 Å². The molecule has 0 aliphatic heterocycles. The van der Waals surface area contributed by atoms with E-state index in [9.17, 15) is 5.21 Å². The largest absolute Gasteiger partial charge is 0.102 e. The second-order valence-electron chi connectivity index (χ2n) is 2.58. The molecule has 0 fully saturated rings. The fraction of sp³-hybridized carbons (Fsp3) is 1.00. The monoisotopic (exact) mass is 115 g/mol. The SMILES string of the molecule is CC(C)CC(C)[N][O]. The fourth-order valence-electron chi connectivity index (χ4n) is 0.725. The minimum Gasteiger partial charge on any atom is -0.102 e. The molecule has 0 aliphatic carbocycles. The minimum atomic E-state index is -0.00463. The Morgan fingerprint density at radius 1 is 1.38 bits per heavy atom. The predicted octanol–water partition coefficient (Wildman–Crippen LogP) is 1.37. The van der Waals surface area contributed by atoms with Crippen LogP contribution in [0.4, 0.5) is 0 Å². The topological polar surface area (TPSA) is 34.0 Å². The van der Waals surface area contributed by atoms with E-state index < -0.39 is 0 Å². The van der Waals surface area contributed by atoms with Gasteiger partial charge in [-0.15, -0.1) is 5.21 Å². The Bertz CT molecular complexity index is 54.5. The van der Waals surface area contributed by atoms with Crippen LogP contribution < -0.4 is 5.48 Å². The van der Waals surface area contributed by atoms with Crippen molar-refractivity contribution in [2.45, 2.75) is 33.2 Å². The maximum absolute atomic E-state index is 9.79. The van der Waals surface area contributed by atoms with E-state index in [0.717, 1.165) is 6.42 Å². The average molecular weight is 115 g/mol. The van der Waals surface area contributed by atoms with Crippen molar-refractivity contribution >= 4 is 0 Å². The zero-order chi connectivity index (χ0) is 6.57. The first-order chi connectivity index (χ1) is 3.66. The first kappa shape index (κ1) is 7.92. The second kappa shape index (κ2) is 3.87. The van der Waals surface area contributed by atoms with Gasteiger partial charge in [0, 0.05) is 0 Å². The Kier molecular flexibility index (Phi) is 3.83. The second-order valence-corrected chi connectivity index (χ2v) is 2.58. The third kappa shape index (κ3) is 4.09. The highest BCUT2D eigenvalue weighted by molar-refractivity contribution is 4.55. The number of hydroxylamine groups is 1. The van der Waals surface area contributed by atoms with E-state index >= 15 is 0 Å². The maximum Gasteiger partial charge on any atom is 0.0545 e. The van der Waals surface area contributed by atoms with Gasteiger partial charge < -0.3 is 0 Å². The van der Waals surface area contributed by atoms with Crippen LogP contribution in [0, 0.1) is 5.92 Å². The molecule has 2 nitrogen and oxygen atoms in total. The first-order valence-electron chi connectivity index (χ1n) is 2.99. The van der Waals surface area contributed by atoms with E-state index in [1.807, 2.05) is 6.92 Å². The van der Waals surface area contributed by atoms with Crippen LogP contribution in [0.25, 0.3) is 0 Å². The maximum atomic E-state index is 9.79. The molecule has 0 bridgehead atoms. The van der Waals surface area contributed by atoms with Crippen LogP contribution in [-0.2, 0) is 5.21 Å². The van der Waals surface area contributed by atoms with Gasteiger partial charge in [0.2, 0.25) is 0 Å². The van der Waals surface area contributed by atoms with Gasteiger partial charge in [-0.1, -0.05) is 19.3 Å². The summed E-state index contributed by atoms with van der Waals surface area (Å²) in [6.45, 7) is 6.01. The van der Waals surface area contributed by atoms with E-state index in [2.05, 4.69) is 19.3 Å². The zero-order valence-corrected chi connectivity index (χ0v) is 5.72. The fourth-order valence-corrected chi connectivity index (χ4v) is 0.725. The normalized spacial score (nSPS) is 14.6. The lowest BCUT2D eigenvalue weighted by Gasteiger charge is -2.06. The summed E-state index contributed by atoms with van der Waals surface area (Å²) in [4.78, 5) is 0. The summed E-state index contributed by atoms with van der Waals surface area (Å²) in [6.07, 6.45) is 0.906. The lowest BCUT2D eigenvalue weighted by Crippen LogP contribution is -2.15. The summed E-state index contributed by atoms with van der Waals surface area (Å²) in [7, 11) is 0. The molecule has 2 radical (unpaired) electrons. The van der Waals surface area contributed by atoms with E-state index in [4.69, 9.17) is 0 Å². The molecule has 0 N–H and O–H groups in total. The molecular formula is C6H13NO. The van der Waals surface area contributed by atoms with Crippen molar-refractivity contribution in [2.75, 3.05) is 0 Å². The quantitative estimate of drug-likeness (QED) is 0.498. The molecule has 0 aromatic rings. The van der Waals surface area contributed by atoms with E-state index in [1.54, 1.807) is 0 Å². The number of nitrogens with zero attached hydrogens (tertiary/aromatic N) is 1. The molecule has 0 aliphatic rings. The minimum absolute atomic E-state index is 0.00463. The molecule has 0 aromatic carbocycles. The summed E-state index contributed by atoms with van der Waals surface area (Å²) < 4.78 is 0. The lowest BCUT2D eigenvalue weighted by molar-refractivity contribution is 0.0332. The van der Waals surface area contributed by atoms with Crippen LogP contribution in [-0.4, -0.2) is 6.04 Å². The average Bonchev–Trinajstić information content (AvgIpc) is 1.65. The van der Waals surface area contributed by atoms with Gasteiger partial charge in [-0.05, 0) is 19.3 Å². The Labute approximate surface area is 50.9 Å². The predicted molar refractivity (Wildman–Crippen MR) is 31.7 cm³/mol. The molecule has 2 heteroatoms. The van der Waals surface area contributed by atoms with Crippen LogP contribution in [0.3, 0.4) is 0 Å². The van der Waals surface area contributed by atoms with Crippen molar-refractivity contribution in [3.05, 3.63) is 0 Å². The van der Waals surface area contributed by atoms with Gasteiger partial charge in [0.05, 0.1) is 6.04 Å². The molecule has 0 saturated heterocycles. The third-order valence-corrected chi connectivity index (χ3v) is 0.992. The molecule has 0 heterocycles. The highest BCUT2D eigenvalue weighted by Crippen LogP contribution is 2.03. The van der Waals surface area contributed by atoms with Gasteiger partial charge >= 0.3 is 0 Å². The summed E-state index contributed by atoms with van der Waals surface area (Å²) in [5, 5.41) is 9.79. The Balaban J connectivity index is 3.10.